The Labute approximate surface area is 145 Å². The predicted octanol–water partition coefficient (Wildman–Crippen LogP) is -1.82. The molecule has 0 fully saturated rings. The Bertz CT molecular complexity index is 304. The van der Waals surface area contributed by atoms with Crippen LogP contribution in [0, 0.1) is 12.2 Å². The van der Waals surface area contributed by atoms with Gasteiger partial charge in [0.1, 0.15) is 0 Å². The van der Waals surface area contributed by atoms with E-state index in [-0.39, 0.29) is 40.1 Å². The minimum Gasteiger partial charge on any atom is -1.00 e. The summed E-state index contributed by atoms with van der Waals surface area (Å²) >= 11 is 2.27. The second-order valence-corrected chi connectivity index (χ2v) is 10.6. The molecular weight excluding hydrogens is 404 g/mol. The summed E-state index contributed by atoms with van der Waals surface area (Å²) in [6.45, 7) is 8.66. The van der Waals surface area contributed by atoms with Crippen LogP contribution in [0.4, 0.5) is 0 Å². The van der Waals surface area contributed by atoms with Crippen molar-refractivity contribution in [2.24, 2.45) is 0 Å². The fraction of sp³-hybridized carbons (Fsp3) is 0.429. The Balaban J connectivity index is -0.000000182. The van der Waals surface area contributed by atoms with Gasteiger partial charge in [-0.3, -0.25) is 12.2 Å². The molecule has 0 heterocycles. The molecule has 0 radical (unpaired) electrons. The number of halogens is 2. The van der Waals surface area contributed by atoms with Crippen molar-refractivity contribution in [3.63, 3.8) is 0 Å². The first-order chi connectivity index (χ1) is 7.52. The number of allylic oxidation sites excluding steroid dienone is 8. The molecule has 2 aliphatic rings. The summed E-state index contributed by atoms with van der Waals surface area (Å²) in [5.74, 6) is 0. The summed E-state index contributed by atoms with van der Waals surface area (Å²) in [6.07, 6.45) is 16.8. The Morgan fingerprint density at radius 3 is 1.28 bits per heavy atom. The topological polar surface area (TPSA) is 0 Å². The van der Waals surface area contributed by atoms with Crippen molar-refractivity contribution >= 4 is 6.19 Å². The molecule has 0 spiro atoms. The van der Waals surface area contributed by atoms with E-state index in [1.54, 1.807) is 0 Å². The quantitative estimate of drug-likeness (QED) is 0.318. The molecule has 0 saturated heterocycles. The third-order valence-electron chi connectivity index (χ3n) is 1.73. The van der Waals surface area contributed by atoms with E-state index in [1.165, 1.54) is 11.1 Å². The zero-order chi connectivity index (χ0) is 12.4. The van der Waals surface area contributed by atoms with Gasteiger partial charge in [-0.1, -0.05) is 13.8 Å². The van der Waals surface area contributed by atoms with Gasteiger partial charge < -0.3 is 34.0 Å². The maximum Gasteiger partial charge on any atom is -1.00 e. The molecule has 0 bridgehead atoms. The summed E-state index contributed by atoms with van der Waals surface area (Å²) in [7, 11) is 0. The molecule has 18 heavy (non-hydrogen) atoms. The normalized spacial score (nSPS) is 13.9. The van der Waals surface area contributed by atoms with Crippen LogP contribution in [0.5, 0.6) is 0 Å². The Hall–Kier alpha value is 0.851. The standard InChI is InChI=1S/2C6H7.C2H6Si.2BrH.Ti/c2*1-6-4-2-3-5-6;1-3-2;;;/h2*2,4H,3H2,1H3;1-2H3;2*1H;/q2*-1;;;;+2/p-2. The fourth-order valence-corrected chi connectivity index (χ4v) is 1.03. The van der Waals surface area contributed by atoms with E-state index in [4.69, 9.17) is 0 Å². The van der Waals surface area contributed by atoms with Gasteiger partial charge in [-0.15, -0.1) is 12.8 Å². The maximum atomic E-state index is 3.12. The fourth-order valence-electron chi connectivity index (χ4n) is 1.03. The summed E-state index contributed by atoms with van der Waals surface area (Å²) in [5, 5.41) is 0. The van der Waals surface area contributed by atoms with Gasteiger partial charge >= 0.3 is 38.5 Å². The summed E-state index contributed by atoms with van der Waals surface area (Å²) in [4.78, 5) is 0. The van der Waals surface area contributed by atoms with Crippen LogP contribution in [0.25, 0.3) is 0 Å². The summed E-state index contributed by atoms with van der Waals surface area (Å²) in [6, 6.07) is 0. The SMILES string of the molecule is CC1=[C-]CC=C1.CC1=[C-]CC=C1.C[Si](C)=[Ti+2].[Br-].[Br-]. The van der Waals surface area contributed by atoms with E-state index in [0.29, 0.717) is 0 Å². The number of hydrogen-bond acceptors (Lipinski definition) is 0. The Kier molecular flexibility index (Phi) is 21.1. The average molecular weight is 424 g/mol. The van der Waals surface area contributed by atoms with Crippen molar-refractivity contribution in [2.75, 3.05) is 0 Å². The van der Waals surface area contributed by atoms with Gasteiger partial charge in [0.15, 0.2) is 0 Å². The van der Waals surface area contributed by atoms with Gasteiger partial charge in [-0.25, -0.2) is 23.3 Å². The van der Waals surface area contributed by atoms with Crippen molar-refractivity contribution < 1.29 is 53.1 Å². The summed E-state index contributed by atoms with van der Waals surface area (Å²) < 4.78 is 0. The van der Waals surface area contributed by atoms with Gasteiger partial charge in [0, 0.05) is 0 Å². The molecule has 4 heteroatoms. The summed E-state index contributed by atoms with van der Waals surface area (Å²) in [5.41, 5.74) is 2.55. The predicted molar refractivity (Wildman–Crippen MR) is 69.9 cm³/mol. The van der Waals surface area contributed by atoms with Crippen LogP contribution in [0.2, 0.25) is 13.1 Å². The van der Waals surface area contributed by atoms with Crippen LogP contribution in [0.1, 0.15) is 26.7 Å². The zero-order valence-corrected chi connectivity index (χ0v) is 17.2. The molecule has 0 unspecified atom stereocenters. The Morgan fingerprint density at radius 2 is 1.22 bits per heavy atom. The van der Waals surface area contributed by atoms with E-state index in [2.05, 4.69) is 82.6 Å². The van der Waals surface area contributed by atoms with Crippen LogP contribution < -0.4 is 34.0 Å². The molecule has 2 rings (SSSR count). The van der Waals surface area contributed by atoms with E-state index in [9.17, 15) is 0 Å². The average Bonchev–Trinajstić information content (AvgIpc) is 2.78. The second-order valence-electron chi connectivity index (χ2n) is 3.93. The molecule has 2 aliphatic carbocycles. The smallest absolute Gasteiger partial charge is 1.00 e. The number of hydrogen-bond donors (Lipinski definition) is 0. The van der Waals surface area contributed by atoms with Crippen molar-refractivity contribution in [2.45, 2.75) is 39.8 Å². The first kappa shape index (κ1) is 23.9. The van der Waals surface area contributed by atoms with Gasteiger partial charge in [-0.2, -0.15) is 12.2 Å². The first-order valence-electron chi connectivity index (χ1n) is 5.52. The molecule has 0 aromatic carbocycles. The minimum absolute atomic E-state index is 0. The molecule has 100 valence electrons. The first-order valence-corrected chi connectivity index (χ1v) is 10.4. The van der Waals surface area contributed by atoms with Crippen LogP contribution in [-0.2, 0) is 19.2 Å². The molecule has 0 aromatic heterocycles. The monoisotopic (exact) mass is 422 g/mol. The molecule has 0 saturated carbocycles. The van der Waals surface area contributed by atoms with Crippen molar-refractivity contribution in [3.8, 4) is 0 Å². The van der Waals surface area contributed by atoms with Crippen LogP contribution >= 0.6 is 0 Å². The molecule has 0 aliphatic heterocycles. The van der Waals surface area contributed by atoms with Gasteiger partial charge in [0.2, 0.25) is 0 Å². The third kappa shape index (κ3) is 19.2. The van der Waals surface area contributed by atoms with E-state index < -0.39 is 0 Å². The van der Waals surface area contributed by atoms with E-state index in [0.717, 1.165) is 12.8 Å². The van der Waals surface area contributed by atoms with Gasteiger partial charge in [-0.05, 0) is 0 Å². The molecule has 0 atom stereocenters. The zero-order valence-electron chi connectivity index (χ0n) is 11.5. The maximum absolute atomic E-state index is 3.12. The third-order valence-corrected chi connectivity index (χ3v) is 1.73. The molecule has 0 nitrogen and oxygen atoms in total. The van der Waals surface area contributed by atoms with E-state index in [1.807, 2.05) is 0 Å². The van der Waals surface area contributed by atoms with Crippen LogP contribution in [0.15, 0.2) is 35.5 Å². The van der Waals surface area contributed by atoms with E-state index >= 15 is 0 Å². The van der Waals surface area contributed by atoms with Crippen molar-refractivity contribution in [1.82, 2.24) is 0 Å². The molecule has 0 aromatic rings. The largest absolute Gasteiger partial charge is 1.00 e. The molecular formula is C14H20Br2SiTi-2. The minimum atomic E-state index is 0. The van der Waals surface area contributed by atoms with Gasteiger partial charge in [0.05, 0.1) is 0 Å². The van der Waals surface area contributed by atoms with Gasteiger partial charge in [0.25, 0.3) is 0 Å². The Morgan fingerprint density at radius 1 is 0.944 bits per heavy atom. The second kappa shape index (κ2) is 15.9. The van der Waals surface area contributed by atoms with Crippen LogP contribution in [0.3, 0.4) is 0 Å². The number of rotatable bonds is 0. The van der Waals surface area contributed by atoms with Crippen molar-refractivity contribution in [1.29, 1.82) is 0 Å². The van der Waals surface area contributed by atoms with Crippen LogP contribution in [-0.4, -0.2) is 6.19 Å². The van der Waals surface area contributed by atoms with Crippen molar-refractivity contribution in [3.05, 3.63) is 47.6 Å². The molecule has 0 amide bonds. The molecule has 0 N–H and O–H groups in total.